The molecule has 1 heterocycles. The van der Waals surface area contributed by atoms with Gasteiger partial charge in [0.15, 0.2) is 0 Å². The highest BCUT2D eigenvalue weighted by molar-refractivity contribution is 9.10. The number of piperidine rings is 1. The summed E-state index contributed by atoms with van der Waals surface area (Å²) in [6, 6.07) is 2.15. The summed E-state index contributed by atoms with van der Waals surface area (Å²) in [5.41, 5.74) is 2.37. The van der Waals surface area contributed by atoms with E-state index in [2.05, 4.69) is 27.3 Å². The third-order valence-corrected chi connectivity index (χ3v) is 4.22. The van der Waals surface area contributed by atoms with Crippen molar-refractivity contribution < 1.29 is 9.47 Å². The van der Waals surface area contributed by atoms with Crippen molar-refractivity contribution in [2.75, 3.05) is 27.3 Å². The molecule has 0 unspecified atom stereocenters. The van der Waals surface area contributed by atoms with Gasteiger partial charge in [-0.2, -0.15) is 0 Å². The average Bonchev–Trinajstić information content (AvgIpc) is 2.39. The molecule has 4 heteroatoms. The van der Waals surface area contributed by atoms with E-state index in [0.29, 0.717) is 5.92 Å². The Kier molecular flexibility index (Phi) is 4.51. The summed E-state index contributed by atoms with van der Waals surface area (Å²) in [5, 5.41) is 3.40. The van der Waals surface area contributed by atoms with Crippen LogP contribution >= 0.6 is 15.9 Å². The smallest absolute Gasteiger partial charge is 0.139 e. The van der Waals surface area contributed by atoms with Crippen molar-refractivity contribution in [2.24, 2.45) is 0 Å². The van der Waals surface area contributed by atoms with E-state index in [4.69, 9.17) is 9.47 Å². The van der Waals surface area contributed by atoms with Gasteiger partial charge in [0.2, 0.25) is 0 Å². The molecule has 3 nitrogen and oxygen atoms in total. The molecule has 1 aliphatic rings. The molecule has 1 N–H and O–H groups in total. The molecule has 1 fully saturated rings. The van der Waals surface area contributed by atoms with E-state index in [0.717, 1.165) is 47.5 Å². The van der Waals surface area contributed by atoms with E-state index in [1.807, 2.05) is 6.92 Å². The lowest BCUT2D eigenvalue weighted by atomic mass is 9.88. The maximum absolute atomic E-state index is 5.61. The van der Waals surface area contributed by atoms with Crippen LogP contribution in [0.4, 0.5) is 0 Å². The lowest BCUT2D eigenvalue weighted by Gasteiger charge is -2.26. The molecule has 0 spiro atoms. The quantitative estimate of drug-likeness (QED) is 0.929. The lowest BCUT2D eigenvalue weighted by Crippen LogP contribution is -2.27. The van der Waals surface area contributed by atoms with Gasteiger partial charge in [-0.3, -0.25) is 0 Å². The molecule has 2 rings (SSSR count). The van der Waals surface area contributed by atoms with Gasteiger partial charge in [-0.15, -0.1) is 0 Å². The Morgan fingerprint density at radius 3 is 2.33 bits per heavy atom. The Morgan fingerprint density at radius 1 is 1.17 bits per heavy atom. The van der Waals surface area contributed by atoms with Gasteiger partial charge in [0, 0.05) is 5.56 Å². The summed E-state index contributed by atoms with van der Waals surface area (Å²) in [6.07, 6.45) is 2.32. The molecule has 0 amide bonds. The third kappa shape index (κ3) is 2.50. The lowest BCUT2D eigenvalue weighted by molar-refractivity contribution is 0.373. The van der Waals surface area contributed by atoms with Crippen molar-refractivity contribution >= 4 is 15.9 Å². The van der Waals surface area contributed by atoms with E-state index in [9.17, 15) is 0 Å². The highest BCUT2D eigenvalue weighted by Gasteiger charge is 2.23. The Hall–Kier alpha value is -0.740. The second-order valence-corrected chi connectivity index (χ2v) is 5.52. The van der Waals surface area contributed by atoms with Crippen LogP contribution in [0, 0.1) is 6.92 Å². The fraction of sp³-hybridized carbons (Fsp3) is 0.571. The Bertz CT molecular complexity index is 428. The molecular weight excluding hydrogens is 294 g/mol. The maximum Gasteiger partial charge on any atom is 0.139 e. The van der Waals surface area contributed by atoms with Crippen molar-refractivity contribution in [1.82, 2.24) is 5.32 Å². The maximum atomic E-state index is 5.61. The van der Waals surface area contributed by atoms with Crippen molar-refractivity contribution in [1.29, 1.82) is 0 Å². The van der Waals surface area contributed by atoms with Crippen molar-refractivity contribution in [3.05, 3.63) is 21.7 Å². The van der Waals surface area contributed by atoms with Gasteiger partial charge in [-0.05, 0) is 66.3 Å². The number of hydrogen-bond donors (Lipinski definition) is 1. The number of nitrogens with one attached hydrogen (secondary N) is 1. The number of hydrogen-bond acceptors (Lipinski definition) is 3. The molecule has 1 aromatic carbocycles. The zero-order chi connectivity index (χ0) is 13.1. The van der Waals surface area contributed by atoms with Gasteiger partial charge < -0.3 is 14.8 Å². The van der Waals surface area contributed by atoms with Crippen LogP contribution in [0.3, 0.4) is 0 Å². The molecular formula is C14H20BrNO2. The summed E-state index contributed by atoms with van der Waals surface area (Å²) in [4.78, 5) is 0. The summed E-state index contributed by atoms with van der Waals surface area (Å²) in [7, 11) is 3.43. The molecule has 100 valence electrons. The molecule has 0 aromatic heterocycles. The molecule has 0 radical (unpaired) electrons. The van der Waals surface area contributed by atoms with Crippen LogP contribution in [0.1, 0.15) is 29.9 Å². The zero-order valence-corrected chi connectivity index (χ0v) is 12.8. The summed E-state index contributed by atoms with van der Waals surface area (Å²) in [6.45, 7) is 4.21. The van der Waals surface area contributed by atoms with E-state index < -0.39 is 0 Å². The molecule has 0 atom stereocenters. The second kappa shape index (κ2) is 5.93. The first-order chi connectivity index (χ1) is 8.69. The van der Waals surface area contributed by atoms with E-state index >= 15 is 0 Å². The van der Waals surface area contributed by atoms with Gasteiger partial charge in [-0.1, -0.05) is 0 Å². The largest absolute Gasteiger partial charge is 0.496 e. The predicted molar refractivity (Wildman–Crippen MR) is 76.8 cm³/mol. The predicted octanol–water partition coefficient (Wildman–Crippen LogP) is 3.24. The first-order valence-electron chi connectivity index (χ1n) is 6.30. The number of ether oxygens (including phenoxy) is 2. The topological polar surface area (TPSA) is 30.5 Å². The zero-order valence-electron chi connectivity index (χ0n) is 11.2. The van der Waals surface area contributed by atoms with Crippen LogP contribution in [0.25, 0.3) is 0 Å². The third-order valence-electron chi connectivity index (χ3n) is 3.63. The normalized spacial score (nSPS) is 16.7. The highest BCUT2D eigenvalue weighted by Crippen LogP contribution is 2.42. The summed E-state index contributed by atoms with van der Waals surface area (Å²) in [5.74, 6) is 2.41. The number of rotatable bonds is 3. The van der Waals surface area contributed by atoms with Gasteiger partial charge in [0.05, 0.1) is 18.7 Å². The molecule has 0 aliphatic carbocycles. The number of benzene rings is 1. The standard InChI is InChI=1S/C14H20BrNO2/c1-9-13(17-2)11(8-12(15)14(9)18-3)10-4-6-16-7-5-10/h8,10,16H,4-7H2,1-3H3. The fourth-order valence-corrected chi connectivity index (χ4v) is 3.43. The van der Waals surface area contributed by atoms with Crippen LogP contribution in [-0.2, 0) is 0 Å². The van der Waals surface area contributed by atoms with Crippen LogP contribution < -0.4 is 14.8 Å². The first kappa shape index (κ1) is 13.7. The molecule has 0 bridgehead atoms. The van der Waals surface area contributed by atoms with Crippen LogP contribution in [0.15, 0.2) is 10.5 Å². The SMILES string of the molecule is COc1c(Br)cc(C2CCNCC2)c(OC)c1C. The fourth-order valence-electron chi connectivity index (χ4n) is 2.72. The minimum absolute atomic E-state index is 0.571. The van der Waals surface area contributed by atoms with Crippen molar-refractivity contribution in [2.45, 2.75) is 25.7 Å². The Morgan fingerprint density at radius 2 is 1.78 bits per heavy atom. The Balaban J connectivity index is 2.45. The van der Waals surface area contributed by atoms with E-state index in [1.54, 1.807) is 14.2 Å². The monoisotopic (exact) mass is 313 g/mol. The van der Waals surface area contributed by atoms with E-state index in [1.165, 1.54) is 5.56 Å². The average molecular weight is 314 g/mol. The molecule has 1 aliphatic heterocycles. The molecule has 1 aromatic rings. The summed E-state index contributed by atoms with van der Waals surface area (Å²) >= 11 is 3.59. The van der Waals surface area contributed by atoms with Gasteiger partial charge in [0.1, 0.15) is 11.5 Å². The summed E-state index contributed by atoms with van der Waals surface area (Å²) < 4.78 is 12.0. The minimum Gasteiger partial charge on any atom is -0.496 e. The molecule has 1 saturated heterocycles. The van der Waals surface area contributed by atoms with Gasteiger partial charge >= 0.3 is 0 Å². The van der Waals surface area contributed by atoms with Gasteiger partial charge in [-0.25, -0.2) is 0 Å². The van der Waals surface area contributed by atoms with E-state index in [-0.39, 0.29) is 0 Å². The Labute approximate surface area is 117 Å². The number of halogens is 1. The molecule has 0 saturated carbocycles. The van der Waals surface area contributed by atoms with Crippen LogP contribution in [0.5, 0.6) is 11.5 Å². The van der Waals surface area contributed by atoms with Crippen molar-refractivity contribution in [3.8, 4) is 11.5 Å². The highest BCUT2D eigenvalue weighted by atomic mass is 79.9. The minimum atomic E-state index is 0.571. The van der Waals surface area contributed by atoms with Crippen LogP contribution in [-0.4, -0.2) is 27.3 Å². The number of methoxy groups -OCH3 is 2. The molecule has 18 heavy (non-hydrogen) atoms. The van der Waals surface area contributed by atoms with Gasteiger partial charge in [0.25, 0.3) is 0 Å². The second-order valence-electron chi connectivity index (χ2n) is 4.66. The first-order valence-corrected chi connectivity index (χ1v) is 7.10. The van der Waals surface area contributed by atoms with Crippen molar-refractivity contribution in [3.63, 3.8) is 0 Å². The van der Waals surface area contributed by atoms with Crippen LogP contribution in [0.2, 0.25) is 0 Å².